The third-order valence-electron chi connectivity index (χ3n) is 4.03. The molecule has 2 aliphatic rings. The first kappa shape index (κ1) is 15.1. The van der Waals surface area contributed by atoms with E-state index in [1.165, 1.54) is 11.9 Å². The molecule has 2 atom stereocenters. The summed E-state index contributed by atoms with van der Waals surface area (Å²) in [5.74, 6) is 0.242. The number of aryl methyl sites for hydroxylation is 2. The first-order chi connectivity index (χ1) is 9.84. The second kappa shape index (κ2) is 5.40. The van der Waals surface area contributed by atoms with Gasteiger partial charge in [-0.3, -0.25) is 0 Å². The van der Waals surface area contributed by atoms with E-state index in [2.05, 4.69) is 19.6 Å². The first-order valence-corrected chi connectivity index (χ1v) is 7.68. The molecule has 3 rings (SSSR count). The molecule has 2 fully saturated rings. The Kier molecular flexibility index (Phi) is 3.87. The predicted molar refractivity (Wildman–Crippen MR) is 73.8 cm³/mol. The van der Waals surface area contributed by atoms with Crippen LogP contribution in [0.1, 0.15) is 17.2 Å². The van der Waals surface area contributed by atoms with Gasteiger partial charge in [-0.05, 0) is 50.7 Å². The lowest BCUT2D eigenvalue weighted by Crippen LogP contribution is -2.21. The number of nitrogens with one attached hydrogen (secondary N) is 1. The van der Waals surface area contributed by atoms with E-state index in [0.717, 1.165) is 31.1 Å². The Bertz CT molecular complexity index is 514. The van der Waals surface area contributed by atoms with E-state index in [9.17, 15) is 13.2 Å². The third-order valence-corrected chi connectivity index (χ3v) is 5.36. The van der Waals surface area contributed by atoms with Gasteiger partial charge in [0.1, 0.15) is 0 Å². The van der Waals surface area contributed by atoms with Crippen molar-refractivity contribution in [1.82, 2.24) is 19.6 Å². The van der Waals surface area contributed by atoms with Crippen LogP contribution in [0.25, 0.3) is 0 Å². The van der Waals surface area contributed by atoms with Crippen molar-refractivity contribution in [2.45, 2.75) is 24.9 Å². The topological polar surface area (TPSA) is 41.1 Å². The first-order valence-electron chi connectivity index (χ1n) is 6.90. The predicted octanol–water partition coefficient (Wildman–Crippen LogP) is 2.27. The lowest BCUT2D eigenvalue weighted by Gasteiger charge is -2.18. The van der Waals surface area contributed by atoms with Crippen LogP contribution in [0.15, 0.2) is 4.90 Å². The lowest BCUT2D eigenvalue weighted by atomic mass is 10.0. The molecule has 2 aliphatic heterocycles. The highest BCUT2D eigenvalue weighted by Crippen LogP contribution is 2.37. The van der Waals surface area contributed by atoms with Gasteiger partial charge >= 0.3 is 6.18 Å². The van der Waals surface area contributed by atoms with Gasteiger partial charge in [0.15, 0.2) is 0 Å². The van der Waals surface area contributed by atoms with Crippen LogP contribution in [0.3, 0.4) is 0 Å². The highest BCUT2D eigenvalue weighted by Gasteiger charge is 2.38. The molecule has 2 saturated heterocycles. The highest BCUT2D eigenvalue weighted by atomic mass is 32.2. The van der Waals surface area contributed by atoms with Crippen molar-refractivity contribution in [2.24, 2.45) is 11.8 Å². The second-order valence-electron chi connectivity index (χ2n) is 5.66. The van der Waals surface area contributed by atoms with Crippen LogP contribution in [0.5, 0.6) is 0 Å². The molecule has 0 amide bonds. The Hall–Kier alpha value is -0.860. The molecule has 1 aromatic rings. The van der Waals surface area contributed by atoms with E-state index < -0.39 is 12.0 Å². The van der Waals surface area contributed by atoms with Crippen molar-refractivity contribution in [2.75, 3.05) is 26.2 Å². The van der Waals surface area contributed by atoms with Crippen molar-refractivity contribution in [3.8, 4) is 0 Å². The zero-order valence-corrected chi connectivity index (χ0v) is 12.7. The SMILES string of the molecule is Cc1nc(C(F)(F)F)nc(C)c1SN1CC2CNCC2C1. The summed E-state index contributed by atoms with van der Waals surface area (Å²) in [5, 5.41) is 3.37. The number of fused-ring (bicyclic) bond motifs is 1. The van der Waals surface area contributed by atoms with E-state index in [0.29, 0.717) is 23.2 Å². The van der Waals surface area contributed by atoms with E-state index in [1.807, 2.05) is 0 Å². The van der Waals surface area contributed by atoms with Crippen LogP contribution < -0.4 is 5.32 Å². The van der Waals surface area contributed by atoms with Gasteiger partial charge in [0, 0.05) is 13.1 Å². The molecule has 8 heteroatoms. The maximum atomic E-state index is 12.7. The molecule has 2 unspecified atom stereocenters. The summed E-state index contributed by atoms with van der Waals surface area (Å²) in [5.41, 5.74) is 0.796. The van der Waals surface area contributed by atoms with Crippen molar-refractivity contribution >= 4 is 11.9 Å². The van der Waals surface area contributed by atoms with Crippen LogP contribution in [-0.4, -0.2) is 40.5 Å². The Morgan fingerprint density at radius 1 is 1.10 bits per heavy atom. The van der Waals surface area contributed by atoms with Gasteiger partial charge in [0.2, 0.25) is 5.82 Å². The van der Waals surface area contributed by atoms with Crippen molar-refractivity contribution in [1.29, 1.82) is 0 Å². The van der Waals surface area contributed by atoms with Gasteiger partial charge in [-0.1, -0.05) is 0 Å². The quantitative estimate of drug-likeness (QED) is 0.847. The Balaban J connectivity index is 1.77. The molecule has 21 heavy (non-hydrogen) atoms. The van der Waals surface area contributed by atoms with Crippen LogP contribution in [0.2, 0.25) is 0 Å². The molecule has 0 spiro atoms. The summed E-state index contributed by atoms with van der Waals surface area (Å²) in [7, 11) is 0. The number of nitrogens with zero attached hydrogens (tertiary/aromatic N) is 3. The van der Waals surface area contributed by atoms with E-state index in [1.54, 1.807) is 13.8 Å². The molecular weight excluding hydrogens is 301 g/mol. The number of alkyl halides is 3. The minimum atomic E-state index is -4.49. The molecule has 116 valence electrons. The van der Waals surface area contributed by atoms with E-state index >= 15 is 0 Å². The number of rotatable bonds is 2. The smallest absolute Gasteiger partial charge is 0.316 e. The van der Waals surface area contributed by atoms with Crippen LogP contribution in [-0.2, 0) is 6.18 Å². The highest BCUT2D eigenvalue weighted by molar-refractivity contribution is 7.97. The van der Waals surface area contributed by atoms with Crippen molar-refractivity contribution in [3.05, 3.63) is 17.2 Å². The fourth-order valence-corrected chi connectivity index (χ4v) is 4.13. The van der Waals surface area contributed by atoms with Crippen LogP contribution in [0.4, 0.5) is 13.2 Å². The normalized spacial score (nSPS) is 26.3. The Morgan fingerprint density at radius 2 is 1.62 bits per heavy atom. The van der Waals surface area contributed by atoms with Crippen LogP contribution >= 0.6 is 11.9 Å². The van der Waals surface area contributed by atoms with Gasteiger partial charge in [-0.25, -0.2) is 14.3 Å². The van der Waals surface area contributed by atoms with Gasteiger partial charge in [-0.15, -0.1) is 0 Å². The standard InChI is InChI=1S/C13H17F3N4S/c1-7-11(8(2)19-12(18-7)13(14,15)16)21-20-5-9-3-17-4-10(9)6-20/h9-10,17H,3-6H2,1-2H3. The largest absolute Gasteiger partial charge is 0.451 e. The van der Waals surface area contributed by atoms with Crippen molar-refractivity contribution in [3.63, 3.8) is 0 Å². The summed E-state index contributed by atoms with van der Waals surface area (Å²) in [6, 6.07) is 0. The maximum absolute atomic E-state index is 12.7. The van der Waals surface area contributed by atoms with Crippen LogP contribution in [0, 0.1) is 25.7 Å². The molecule has 0 radical (unpaired) electrons. The maximum Gasteiger partial charge on any atom is 0.451 e. The fraction of sp³-hybridized carbons (Fsp3) is 0.692. The zero-order chi connectivity index (χ0) is 15.2. The summed E-state index contributed by atoms with van der Waals surface area (Å²) in [4.78, 5) is 7.99. The molecular formula is C13H17F3N4S. The molecule has 4 nitrogen and oxygen atoms in total. The second-order valence-corrected chi connectivity index (χ2v) is 6.77. The number of halogens is 3. The minimum Gasteiger partial charge on any atom is -0.316 e. The molecule has 0 saturated carbocycles. The third kappa shape index (κ3) is 3.02. The minimum absolute atomic E-state index is 0.398. The van der Waals surface area contributed by atoms with E-state index in [-0.39, 0.29) is 0 Å². The summed E-state index contributed by atoms with van der Waals surface area (Å²) < 4.78 is 40.3. The van der Waals surface area contributed by atoms with Gasteiger partial charge < -0.3 is 5.32 Å². The summed E-state index contributed by atoms with van der Waals surface area (Å²) >= 11 is 1.49. The van der Waals surface area contributed by atoms with E-state index in [4.69, 9.17) is 0 Å². The Labute approximate surface area is 125 Å². The van der Waals surface area contributed by atoms with Crippen molar-refractivity contribution < 1.29 is 13.2 Å². The van der Waals surface area contributed by atoms with Gasteiger partial charge in [0.05, 0.1) is 16.3 Å². The van der Waals surface area contributed by atoms with Gasteiger partial charge in [0.25, 0.3) is 0 Å². The Morgan fingerprint density at radius 3 is 2.10 bits per heavy atom. The number of hydrogen-bond donors (Lipinski definition) is 1. The average molecular weight is 318 g/mol. The van der Waals surface area contributed by atoms with Gasteiger partial charge in [-0.2, -0.15) is 13.2 Å². The summed E-state index contributed by atoms with van der Waals surface area (Å²) in [6.45, 7) is 7.21. The monoisotopic (exact) mass is 318 g/mol. The lowest BCUT2D eigenvalue weighted by molar-refractivity contribution is -0.145. The number of aromatic nitrogens is 2. The molecule has 1 N–H and O–H groups in total. The zero-order valence-electron chi connectivity index (χ0n) is 11.9. The summed E-state index contributed by atoms with van der Waals surface area (Å²) in [6.07, 6.45) is -4.49. The average Bonchev–Trinajstić information content (AvgIpc) is 2.92. The molecule has 3 heterocycles. The molecule has 1 aromatic heterocycles. The molecule has 0 bridgehead atoms. The number of hydrogen-bond acceptors (Lipinski definition) is 5. The molecule has 0 aromatic carbocycles. The fourth-order valence-electron chi connectivity index (χ4n) is 2.98. The molecule has 0 aliphatic carbocycles.